The van der Waals surface area contributed by atoms with Gasteiger partial charge in [-0.05, 0) is 68.8 Å². The normalized spacial score (nSPS) is 12.1. The van der Waals surface area contributed by atoms with Gasteiger partial charge in [0.05, 0.1) is 0 Å². The van der Waals surface area contributed by atoms with Crippen LogP contribution in [0, 0.1) is 0 Å². The molecule has 2 heteroatoms. The van der Waals surface area contributed by atoms with E-state index >= 15 is 0 Å². The predicted octanol–water partition coefficient (Wildman–Crippen LogP) is 5.19. The Morgan fingerprint density at radius 3 is 2.76 bits per heavy atom. The lowest BCUT2D eigenvalue weighted by Crippen LogP contribution is -2.13. The summed E-state index contributed by atoms with van der Waals surface area (Å²) in [5.41, 5.74) is 4.15. The quantitative estimate of drug-likeness (QED) is 0.472. The van der Waals surface area contributed by atoms with Crippen LogP contribution in [0.25, 0.3) is 0 Å². The summed E-state index contributed by atoms with van der Waals surface area (Å²) in [6, 6.07) is 6.94. The fourth-order valence-corrected chi connectivity index (χ4v) is 3.33. The largest absolute Gasteiger partial charge is 0.319 e. The first kappa shape index (κ1) is 18.1. The van der Waals surface area contributed by atoms with Crippen molar-refractivity contribution in [2.45, 2.75) is 43.9 Å². The number of hydrogen-bond donors (Lipinski definition) is 1. The van der Waals surface area contributed by atoms with Crippen LogP contribution in [0.2, 0.25) is 0 Å². The predicted molar refractivity (Wildman–Crippen MR) is 97.5 cm³/mol. The fourth-order valence-electron chi connectivity index (χ4n) is 2.61. The molecule has 1 unspecified atom stereocenters. The molecular weight excluding hydrogens is 274 g/mol. The summed E-state index contributed by atoms with van der Waals surface area (Å²) >= 11 is 1.91. The third-order valence-electron chi connectivity index (χ3n) is 3.70. The molecule has 0 saturated heterocycles. The molecule has 0 aliphatic heterocycles. The second kappa shape index (κ2) is 9.86. The molecule has 1 N–H and O–H groups in total. The number of rotatable bonds is 10. The summed E-state index contributed by atoms with van der Waals surface area (Å²) in [6.45, 7) is 13.4. The smallest absolute Gasteiger partial charge is 0.00747 e. The van der Waals surface area contributed by atoms with Crippen molar-refractivity contribution >= 4 is 11.8 Å². The molecule has 0 aliphatic rings. The van der Waals surface area contributed by atoms with Gasteiger partial charge in [0.2, 0.25) is 0 Å². The molecule has 0 fully saturated rings. The molecule has 1 nitrogen and oxygen atoms in total. The van der Waals surface area contributed by atoms with E-state index in [4.69, 9.17) is 0 Å². The fraction of sp³-hybridized carbons (Fsp3) is 0.474. The molecule has 0 aromatic heterocycles. The van der Waals surface area contributed by atoms with Crippen molar-refractivity contribution in [1.29, 1.82) is 0 Å². The topological polar surface area (TPSA) is 12.0 Å². The lowest BCUT2D eigenvalue weighted by atomic mass is 9.85. The highest BCUT2D eigenvalue weighted by atomic mass is 32.2. The monoisotopic (exact) mass is 303 g/mol. The minimum absolute atomic E-state index is 0.440. The second-order valence-electron chi connectivity index (χ2n) is 5.41. The molecule has 0 amide bonds. The molecule has 1 aromatic rings. The summed E-state index contributed by atoms with van der Waals surface area (Å²) in [4.78, 5) is 1.37. The summed E-state index contributed by atoms with van der Waals surface area (Å²) in [5, 5.41) is 3.26. The van der Waals surface area contributed by atoms with Crippen molar-refractivity contribution in [3.63, 3.8) is 0 Å². The van der Waals surface area contributed by atoms with Gasteiger partial charge in [-0.2, -0.15) is 0 Å². The molecule has 1 rings (SSSR count). The van der Waals surface area contributed by atoms with Gasteiger partial charge in [0, 0.05) is 10.8 Å². The Morgan fingerprint density at radius 1 is 1.43 bits per heavy atom. The highest BCUT2D eigenvalue weighted by Crippen LogP contribution is 2.33. The average molecular weight is 304 g/mol. The molecule has 116 valence electrons. The van der Waals surface area contributed by atoms with Gasteiger partial charge in [-0.1, -0.05) is 31.2 Å². The van der Waals surface area contributed by atoms with E-state index in [0.717, 1.165) is 31.6 Å². The van der Waals surface area contributed by atoms with Crippen LogP contribution < -0.4 is 5.32 Å². The number of thioether (sulfide) groups is 1. The summed E-state index contributed by atoms with van der Waals surface area (Å²) in [7, 11) is 2.01. The van der Waals surface area contributed by atoms with Crippen LogP contribution in [0.5, 0.6) is 0 Å². The summed E-state index contributed by atoms with van der Waals surface area (Å²) in [5.74, 6) is 1.56. The number of allylic oxidation sites excluding steroid dienone is 2. The third kappa shape index (κ3) is 5.72. The van der Waals surface area contributed by atoms with Crippen LogP contribution in [0.4, 0.5) is 0 Å². The van der Waals surface area contributed by atoms with E-state index < -0.39 is 0 Å². The van der Waals surface area contributed by atoms with Crippen molar-refractivity contribution < 1.29 is 0 Å². The minimum atomic E-state index is 0.440. The maximum Gasteiger partial charge on any atom is 0.00747 e. The van der Waals surface area contributed by atoms with E-state index in [1.165, 1.54) is 21.6 Å². The molecule has 1 aromatic carbocycles. The zero-order chi connectivity index (χ0) is 15.7. The molecule has 0 saturated carbocycles. The van der Waals surface area contributed by atoms with Gasteiger partial charge < -0.3 is 5.32 Å². The van der Waals surface area contributed by atoms with Crippen LogP contribution in [-0.4, -0.2) is 19.3 Å². The van der Waals surface area contributed by atoms with Crippen LogP contribution in [0.15, 0.2) is 47.9 Å². The number of likely N-dealkylation sites (N-methyl/N-ethyl adjacent to an activating group) is 1. The van der Waals surface area contributed by atoms with E-state index in [0.29, 0.717) is 5.92 Å². The van der Waals surface area contributed by atoms with Crippen LogP contribution in [0.1, 0.15) is 43.7 Å². The van der Waals surface area contributed by atoms with Crippen molar-refractivity contribution in [3.05, 3.63) is 54.1 Å². The van der Waals surface area contributed by atoms with Gasteiger partial charge in [-0.15, -0.1) is 18.3 Å². The molecule has 0 bridgehead atoms. The molecule has 21 heavy (non-hydrogen) atoms. The average Bonchev–Trinajstić information content (AvgIpc) is 2.47. The number of hydrogen-bond acceptors (Lipinski definition) is 2. The standard InChI is InChI=1S/C19H29NS/c1-6-8-9-18(15(3)4)19-11-10-17(21-7-2)14-16(19)12-13-20-5/h6,10-11,14,18,20H,1,3,7-9,12-13H2,2,4-5H3. The lowest BCUT2D eigenvalue weighted by Gasteiger charge is -2.21. The van der Waals surface area contributed by atoms with Crippen LogP contribution >= 0.6 is 11.8 Å². The Kier molecular flexibility index (Phi) is 8.48. The molecule has 1 atom stereocenters. The first-order chi connectivity index (χ1) is 10.1. The third-order valence-corrected chi connectivity index (χ3v) is 4.58. The lowest BCUT2D eigenvalue weighted by molar-refractivity contribution is 0.698. The van der Waals surface area contributed by atoms with Crippen molar-refractivity contribution in [3.8, 4) is 0 Å². The Bertz CT molecular complexity index is 465. The van der Waals surface area contributed by atoms with Gasteiger partial charge >= 0.3 is 0 Å². The minimum Gasteiger partial charge on any atom is -0.319 e. The SMILES string of the molecule is C=CCCC(C(=C)C)c1ccc(SCC)cc1CCNC. The molecule has 0 heterocycles. The van der Waals surface area contributed by atoms with E-state index in [1.807, 2.05) is 24.9 Å². The van der Waals surface area contributed by atoms with Gasteiger partial charge in [0.25, 0.3) is 0 Å². The second-order valence-corrected chi connectivity index (χ2v) is 6.75. The Hall–Kier alpha value is -0.990. The van der Waals surface area contributed by atoms with Crippen molar-refractivity contribution in [2.75, 3.05) is 19.3 Å². The van der Waals surface area contributed by atoms with E-state index in [9.17, 15) is 0 Å². The number of benzene rings is 1. The first-order valence-corrected chi connectivity index (χ1v) is 8.79. The molecule has 0 spiro atoms. The summed E-state index contributed by atoms with van der Waals surface area (Å²) < 4.78 is 0. The van der Waals surface area contributed by atoms with Gasteiger partial charge in [-0.25, -0.2) is 0 Å². The zero-order valence-corrected chi connectivity index (χ0v) is 14.6. The Morgan fingerprint density at radius 2 is 2.19 bits per heavy atom. The van der Waals surface area contributed by atoms with Crippen molar-refractivity contribution in [2.24, 2.45) is 0 Å². The molecule has 0 radical (unpaired) electrons. The first-order valence-electron chi connectivity index (χ1n) is 7.80. The van der Waals surface area contributed by atoms with Gasteiger partial charge in [-0.3, -0.25) is 0 Å². The van der Waals surface area contributed by atoms with E-state index in [1.54, 1.807) is 0 Å². The highest BCUT2D eigenvalue weighted by Gasteiger charge is 2.16. The zero-order valence-electron chi connectivity index (χ0n) is 13.7. The molecular formula is C19H29NS. The summed E-state index contributed by atoms with van der Waals surface area (Å²) in [6.07, 6.45) is 5.21. The molecule has 0 aliphatic carbocycles. The Labute approximate surface area is 134 Å². The van der Waals surface area contributed by atoms with Crippen LogP contribution in [-0.2, 0) is 6.42 Å². The van der Waals surface area contributed by atoms with E-state index in [-0.39, 0.29) is 0 Å². The van der Waals surface area contributed by atoms with Crippen molar-refractivity contribution in [1.82, 2.24) is 5.32 Å². The van der Waals surface area contributed by atoms with E-state index in [2.05, 4.69) is 50.5 Å². The van der Waals surface area contributed by atoms with Crippen LogP contribution in [0.3, 0.4) is 0 Å². The number of nitrogens with one attached hydrogen (secondary N) is 1. The van der Waals surface area contributed by atoms with Gasteiger partial charge in [0.15, 0.2) is 0 Å². The van der Waals surface area contributed by atoms with Gasteiger partial charge in [0.1, 0.15) is 0 Å². The highest BCUT2D eigenvalue weighted by molar-refractivity contribution is 7.99. The maximum absolute atomic E-state index is 4.21. The maximum atomic E-state index is 4.21. The Balaban J connectivity index is 3.10.